The summed E-state index contributed by atoms with van der Waals surface area (Å²) in [4.78, 5) is 7.15. The second-order valence-electron chi connectivity index (χ2n) is 8.36. The molecule has 0 amide bonds. The highest BCUT2D eigenvalue weighted by atomic mass is 79.9. The van der Waals surface area contributed by atoms with Gasteiger partial charge in [0, 0.05) is 40.3 Å². The summed E-state index contributed by atoms with van der Waals surface area (Å²) in [6.45, 7) is 4.32. The molecule has 3 heterocycles. The van der Waals surface area contributed by atoms with Crippen LogP contribution in [0.4, 0.5) is 13.2 Å². The minimum atomic E-state index is -4.37. The van der Waals surface area contributed by atoms with E-state index in [-0.39, 0.29) is 13.0 Å². The van der Waals surface area contributed by atoms with Crippen LogP contribution in [0.5, 0.6) is 5.75 Å². The van der Waals surface area contributed by atoms with Gasteiger partial charge < -0.3 is 15.0 Å². The Labute approximate surface area is 181 Å². The van der Waals surface area contributed by atoms with Gasteiger partial charge >= 0.3 is 6.18 Å². The predicted octanol–water partition coefficient (Wildman–Crippen LogP) is 5.65. The molecule has 2 aromatic heterocycles. The minimum absolute atomic E-state index is 0.0853. The number of hydrogen-bond donors (Lipinski definition) is 2. The van der Waals surface area contributed by atoms with Gasteiger partial charge in [0.05, 0.1) is 18.3 Å². The van der Waals surface area contributed by atoms with E-state index in [0.717, 1.165) is 38.7 Å². The van der Waals surface area contributed by atoms with Gasteiger partial charge in [0.25, 0.3) is 0 Å². The van der Waals surface area contributed by atoms with Crippen LogP contribution in [0.3, 0.4) is 0 Å². The Balaban J connectivity index is 1.55. The zero-order valence-corrected chi connectivity index (χ0v) is 18.3. The van der Waals surface area contributed by atoms with Crippen LogP contribution in [0.15, 0.2) is 41.1 Å². The van der Waals surface area contributed by atoms with Crippen molar-refractivity contribution in [1.82, 2.24) is 15.3 Å². The van der Waals surface area contributed by atoms with E-state index in [0.29, 0.717) is 12.3 Å². The molecule has 8 heteroatoms. The number of aromatic amines is 1. The standard InChI is InChI=1S/C22H23BrF3N3O/c1-21(2,17-9-15(23)7-14-4-6-30-20(14)17)10-19(22(24,25)26)28-11-16-8-13-3-5-27-12-18(13)29-16/h3,5,7-9,12,19,28-29H,4,6,10-11H2,1-2H3. The van der Waals surface area contributed by atoms with Crippen LogP contribution in [-0.2, 0) is 18.4 Å². The van der Waals surface area contributed by atoms with E-state index in [9.17, 15) is 13.2 Å². The number of rotatable bonds is 6. The van der Waals surface area contributed by atoms with Gasteiger partial charge in [-0.1, -0.05) is 29.8 Å². The number of H-pyrrole nitrogens is 1. The summed E-state index contributed by atoms with van der Waals surface area (Å²) in [7, 11) is 0. The van der Waals surface area contributed by atoms with E-state index >= 15 is 0 Å². The number of nitrogens with zero attached hydrogens (tertiary/aromatic N) is 1. The van der Waals surface area contributed by atoms with Crippen LogP contribution in [0.2, 0.25) is 0 Å². The van der Waals surface area contributed by atoms with Crippen molar-refractivity contribution in [3.05, 3.63) is 58.0 Å². The fourth-order valence-electron chi connectivity index (χ4n) is 4.06. The van der Waals surface area contributed by atoms with Crippen molar-refractivity contribution in [3.8, 4) is 5.75 Å². The summed E-state index contributed by atoms with van der Waals surface area (Å²) in [5, 5.41) is 3.64. The second-order valence-corrected chi connectivity index (χ2v) is 9.28. The number of alkyl halides is 3. The monoisotopic (exact) mass is 481 g/mol. The number of pyridine rings is 1. The Bertz CT molecular complexity index is 1030. The molecule has 0 saturated carbocycles. The maximum atomic E-state index is 13.9. The van der Waals surface area contributed by atoms with Crippen molar-refractivity contribution in [1.29, 1.82) is 0 Å². The SMILES string of the molecule is CC(C)(CC(NCc1cc2ccncc2[nH]1)C(F)(F)F)c1cc(Br)cc2c1OCC2. The molecule has 0 bridgehead atoms. The average molecular weight is 482 g/mol. The third-order valence-corrected chi connectivity index (χ3v) is 6.06. The lowest BCUT2D eigenvalue weighted by Gasteiger charge is -2.33. The Morgan fingerprint density at radius 1 is 1.27 bits per heavy atom. The lowest BCUT2D eigenvalue weighted by molar-refractivity contribution is -0.160. The molecular weight excluding hydrogens is 459 g/mol. The molecule has 2 N–H and O–H groups in total. The number of halogens is 4. The van der Waals surface area contributed by atoms with Gasteiger partial charge in [-0.25, -0.2) is 0 Å². The largest absolute Gasteiger partial charge is 0.493 e. The highest BCUT2D eigenvalue weighted by Gasteiger charge is 2.43. The normalized spacial score (nSPS) is 15.3. The summed E-state index contributed by atoms with van der Waals surface area (Å²) >= 11 is 3.49. The minimum Gasteiger partial charge on any atom is -0.493 e. The average Bonchev–Trinajstić information content (AvgIpc) is 3.29. The molecule has 0 fully saturated rings. The Morgan fingerprint density at radius 3 is 2.80 bits per heavy atom. The van der Waals surface area contributed by atoms with Crippen molar-refractivity contribution >= 4 is 26.8 Å². The Kier molecular flexibility index (Phi) is 5.57. The topological polar surface area (TPSA) is 49.9 Å². The van der Waals surface area contributed by atoms with Gasteiger partial charge in [-0.2, -0.15) is 13.2 Å². The molecule has 30 heavy (non-hydrogen) atoms. The maximum Gasteiger partial charge on any atom is 0.403 e. The van der Waals surface area contributed by atoms with E-state index in [1.54, 1.807) is 12.4 Å². The fraction of sp³-hybridized carbons (Fsp3) is 0.409. The number of fused-ring (bicyclic) bond motifs is 2. The lowest BCUT2D eigenvalue weighted by Crippen LogP contribution is -2.45. The van der Waals surface area contributed by atoms with Gasteiger partial charge in [0.15, 0.2) is 0 Å². The van der Waals surface area contributed by atoms with Crippen LogP contribution in [0, 0.1) is 0 Å². The molecule has 4 rings (SSSR count). The first-order chi connectivity index (χ1) is 14.1. The predicted molar refractivity (Wildman–Crippen MR) is 114 cm³/mol. The third-order valence-electron chi connectivity index (χ3n) is 5.61. The second kappa shape index (κ2) is 7.89. The molecule has 1 unspecified atom stereocenters. The smallest absolute Gasteiger partial charge is 0.403 e. The lowest BCUT2D eigenvalue weighted by atomic mass is 9.77. The first-order valence-corrected chi connectivity index (χ1v) is 10.6. The number of hydrogen-bond acceptors (Lipinski definition) is 3. The van der Waals surface area contributed by atoms with Crippen molar-refractivity contribution in [2.24, 2.45) is 0 Å². The fourth-order valence-corrected chi connectivity index (χ4v) is 4.56. The number of aromatic nitrogens is 2. The van der Waals surface area contributed by atoms with Crippen LogP contribution in [0.25, 0.3) is 10.9 Å². The molecule has 0 radical (unpaired) electrons. The van der Waals surface area contributed by atoms with Crippen LogP contribution >= 0.6 is 15.9 Å². The van der Waals surface area contributed by atoms with Crippen molar-refractivity contribution in [3.63, 3.8) is 0 Å². The molecule has 1 aliphatic rings. The van der Waals surface area contributed by atoms with Gasteiger partial charge in [-0.05, 0) is 41.7 Å². The molecule has 0 saturated heterocycles. The molecule has 0 aliphatic carbocycles. The molecule has 160 valence electrons. The number of ether oxygens (including phenoxy) is 1. The van der Waals surface area contributed by atoms with E-state index in [1.807, 2.05) is 38.1 Å². The van der Waals surface area contributed by atoms with E-state index < -0.39 is 17.6 Å². The van der Waals surface area contributed by atoms with Crippen LogP contribution in [0.1, 0.15) is 37.1 Å². The Hall–Kier alpha value is -2.06. The summed E-state index contributed by atoms with van der Waals surface area (Å²) in [5.41, 5.74) is 2.60. The van der Waals surface area contributed by atoms with E-state index in [2.05, 4.69) is 31.2 Å². The van der Waals surface area contributed by atoms with Crippen LogP contribution < -0.4 is 10.1 Å². The van der Waals surface area contributed by atoms with E-state index in [4.69, 9.17) is 4.74 Å². The van der Waals surface area contributed by atoms with Crippen LogP contribution in [-0.4, -0.2) is 28.8 Å². The Morgan fingerprint density at radius 2 is 2.07 bits per heavy atom. The zero-order chi connectivity index (χ0) is 21.5. The van der Waals surface area contributed by atoms with Gasteiger partial charge in [0.1, 0.15) is 11.8 Å². The molecule has 4 nitrogen and oxygen atoms in total. The first kappa shape index (κ1) is 21.2. The molecule has 1 atom stereocenters. The zero-order valence-electron chi connectivity index (χ0n) is 16.7. The highest BCUT2D eigenvalue weighted by molar-refractivity contribution is 9.10. The quantitative estimate of drug-likeness (QED) is 0.478. The molecule has 1 aromatic carbocycles. The van der Waals surface area contributed by atoms with Gasteiger partial charge in [-0.15, -0.1) is 0 Å². The first-order valence-electron chi connectivity index (χ1n) is 9.81. The number of nitrogens with one attached hydrogen (secondary N) is 2. The summed E-state index contributed by atoms with van der Waals surface area (Å²) in [6, 6.07) is 5.87. The molecular formula is C22H23BrF3N3O. The number of benzene rings is 1. The van der Waals surface area contributed by atoms with Gasteiger partial charge in [-0.3, -0.25) is 4.98 Å². The summed E-state index contributed by atoms with van der Waals surface area (Å²) in [5.74, 6) is 0.729. The van der Waals surface area contributed by atoms with Gasteiger partial charge in [0.2, 0.25) is 0 Å². The summed E-state index contributed by atoms with van der Waals surface area (Å²) in [6.07, 6.45) is -0.386. The molecule has 3 aromatic rings. The summed E-state index contributed by atoms with van der Waals surface area (Å²) < 4.78 is 48.3. The van der Waals surface area contributed by atoms with Crippen molar-refractivity contribution in [2.75, 3.05) is 6.61 Å². The molecule has 1 aliphatic heterocycles. The highest BCUT2D eigenvalue weighted by Crippen LogP contribution is 2.43. The third kappa shape index (κ3) is 4.34. The maximum absolute atomic E-state index is 13.9. The molecule has 0 spiro atoms. The van der Waals surface area contributed by atoms with Crippen molar-refractivity contribution in [2.45, 2.75) is 50.9 Å². The van der Waals surface area contributed by atoms with Crippen molar-refractivity contribution < 1.29 is 17.9 Å². The van der Waals surface area contributed by atoms with E-state index in [1.165, 1.54) is 0 Å².